The molecule has 1 unspecified atom stereocenters. The molecule has 1 aliphatic rings. The maximum absolute atomic E-state index is 12.5. The van der Waals surface area contributed by atoms with Gasteiger partial charge in [0.05, 0.1) is 5.39 Å². The molecular formula is C21H21N3O2. The number of pyridine rings is 1. The van der Waals surface area contributed by atoms with E-state index in [9.17, 15) is 4.79 Å². The van der Waals surface area contributed by atoms with E-state index in [2.05, 4.69) is 30.5 Å². The lowest BCUT2D eigenvalue weighted by molar-refractivity contribution is 0.247. The van der Waals surface area contributed by atoms with Gasteiger partial charge in [0.15, 0.2) is 5.75 Å². The van der Waals surface area contributed by atoms with Crippen molar-refractivity contribution in [1.29, 1.82) is 0 Å². The molecule has 0 amide bonds. The number of hydrogen-bond donors (Lipinski definition) is 1. The third-order valence-electron chi connectivity index (χ3n) is 4.80. The van der Waals surface area contributed by atoms with Crippen molar-refractivity contribution >= 4 is 16.5 Å². The van der Waals surface area contributed by atoms with Gasteiger partial charge in [-0.25, -0.2) is 0 Å². The minimum atomic E-state index is -0.114. The van der Waals surface area contributed by atoms with Crippen molar-refractivity contribution in [1.82, 2.24) is 14.8 Å². The topological polar surface area (TPSA) is 59.9 Å². The van der Waals surface area contributed by atoms with Gasteiger partial charge in [-0.3, -0.25) is 19.6 Å². The Labute approximate surface area is 151 Å². The van der Waals surface area contributed by atoms with Crippen LogP contribution >= 0.6 is 0 Å². The van der Waals surface area contributed by atoms with Gasteiger partial charge in [0.25, 0.3) is 5.56 Å². The Morgan fingerprint density at radius 3 is 2.77 bits per heavy atom. The van der Waals surface area contributed by atoms with E-state index in [1.54, 1.807) is 6.20 Å². The number of H-pyrrole nitrogens is 1. The number of aromatic nitrogens is 3. The smallest absolute Gasteiger partial charge is 0.272 e. The Morgan fingerprint density at radius 2 is 2.12 bits per heavy atom. The van der Waals surface area contributed by atoms with Crippen LogP contribution in [0.25, 0.3) is 16.5 Å². The predicted octanol–water partition coefficient (Wildman–Crippen LogP) is 4.08. The second-order valence-corrected chi connectivity index (χ2v) is 6.92. The zero-order valence-electron chi connectivity index (χ0n) is 15.2. The molecule has 0 fully saturated rings. The molecule has 0 spiro atoms. The van der Waals surface area contributed by atoms with Crippen LogP contribution in [0.5, 0.6) is 5.75 Å². The van der Waals surface area contributed by atoms with E-state index in [1.807, 2.05) is 42.1 Å². The molecule has 2 aromatic heterocycles. The maximum Gasteiger partial charge on any atom is 0.272 e. The van der Waals surface area contributed by atoms with Crippen LogP contribution in [-0.4, -0.2) is 21.4 Å². The number of rotatable bonds is 3. The van der Waals surface area contributed by atoms with Gasteiger partial charge in [-0.2, -0.15) is 0 Å². The molecule has 0 aliphatic carbocycles. The van der Waals surface area contributed by atoms with Crippen LogP contribution in [0.4, 0.5) is 0 Å². The molecule has 0 radical (unpaired) electrons. The molecule has 0 saturated heterocycles. The highest BCUT2D eigenvalue weighted by Gasteiger charge is 2.29. The van der Waals surface area contributed by atoms with Crippen molar-refractivity contribution in [3.63, 3.8) is 0 Å². The van der Waals surface area contributed by atoms with Crippen LogP contribution in [0.3, 0.4) is 0 Å². The lowest BCUT2D eigenvalue weighted by Crippen LogP contribution is -2.25. The highest BCUT2D eigenvalue weighted by atomic mass is 16.5. The van der Waals surface area contributed by atoms with Crippen LogP contribution in [0.1, 0.15) is 37.9 Å². The van der Waals surface area contributed by atoms with E-state index < -0.39 is 0 Å². The van der Waals surface area contributed by atoms with Gasteiger partial charge in [-0.15, -0.1) is 0 Å². The first kappa shape index (κ1) is 16.4. The van der Waals surface area contributed by atoms with E-state index in [1.165, 1.54) is 0 Å². The van der Waals surface area contributed by atoms with E-state index in [-0.39, 0.29) is 11.6 Å². The molecule has 3 heterocycles. The molecule has 1 N–H and O–H groups in total. The minimum absolute atomic E-state index is 0.110. The minimum Gasteiger partial charge on any atom is -0.488 e. The van der Waals surface area contributed by atoms with Crippen molar-refractivity contribution in [3.8, 4) is 5.75 Å². The summed E-state index contributed by atoms with van der Waals surface area (Å²) in [6.07, 6.45) is 3.55. The summed E-state index contributed by atoms with van der Waals surface area (Å²) in [5.74, 6) is 0.736. The van der Waals surface area contributed by atoms with E-state index >= 15 is 0 Å². The van der Waals surface area contributed by atoms with Crippen LogP contribution in [0.15, 0.2) is 59.2 Å². The van der Waals surface area contributed by atoms with Gasteiger partial charge in [0.1, 0.15) is 18.2 Å². The predicted molar refractivity (Wildman–Crippen MR) is 104 cm³/mol. The van der Waals surface area contributed by atoms with Gasteiger partial charge < -0.3 is 4.74 Å². The Balaban J connectivity index is 2.01. The molecule has 4 rings (SSSR count). The maximum atomic E-state index is 12.5. The first-order valence-corrected chi connectivity index (χ1v) is 8.62. The molecule has 1 aliphatic heterocycles. The van der Waals surface area contributed by atoms with Gasteiger partial charge in [0, 0.05) is 18.0 Å². The zero-order chi connectivity index (χ0) is 18.4. The molecule has 5 heteroatoms. The largest absolute Gasteiger partial charge is 0.488 e. The van der Waals surface area contributed by atoms with Crippen molar-refractivity contribution in [2.24, 2.45) is 0 Å². The van der Waals surface area contributed by atoms with Gasteiger partial charge in [-0.05, 0) is 50.1 Å². The molecular weight excluding hydrogens is 326 g/mol. The molecule has 1 atom stereocenters. The van der Waals surface area contributed by atoms with Crippen LogP contribution in [0, 0.1) is 0 Å². The molecule has 5 nitrogen and oxygen atoms in total. The summed E-state index contributed by atoms with van der Waals surface area (Å²) < 4.78 is 8.12. The lowest BCUT2D eigenvalue weighted by atomic mass is 9.93. The fourth-order valence-electron chi connectivity index (χ4n) is 3.78. The first-order valence-electron chi connectivity index (χ1n) is 8.62. The number of nitrogens with zero attached hydrogens (tertiary/aromatic N) is 2. The highest BCUT2D eigenvalue weighted by molar-refractivity contribution is 5.94. The summed E-state index contributed by atoms with van der Waals surface area (Å²) in [7, 11) is 0. The monoisotopic (exact) mass is 347 g/mol. The number of benzene rings is 1. The van der Waals surface area contributed by atoms with Crippen molar-refractivity contribution in [2.75, 3.05) is 6.61 Å². The fraction of sp³-hybridized carbons (Fsp3) is 0.238. The number of nitrogens with one attached hydrogen (secondary N) is 1. The van der Waals surface area contributed by atoms with Crippen LogP contribution < -0.4 is 10.3 Å². The first-order chi connectivity index (χ1) is 12.5. The standard InChI is InChI=1S/C21H21N3O2/c1-12(2)18(13(3)4)15-7-8-16-19-20(15)26-11-17(24(19)23-21(16)25)14-6-5-9-22-10-14/h5-10,17H,1,11H2,2-4H3,(H,23,25). The molecule has 3 aromatic rings. The number of allylic oxidation sites excluding steroid dienone is 3. The van der Waals surface area contributed by atoms with E-state index in [0.29, 0.717) is 12.0 Å². The van der Waals surface area contributed by atoms with Crippen LogP contribution in [0.2, 0.25) is 0 Å². The second-order valence-electron chi connectivity index (χ2n) is 6.92. The summed E-state index contributed by atoms with van der Waals surface area (Å²) in [4.78, 5) is 16.7. The van der Waals surface area contributed by atoms with Crippen LogP contribution in [-0.2, 0) is 0 Å². The Bertz CT molecular complexity index is 1100. The van der Waals surface area contributed by atoms with Gasteiger partial charge in [-0.1, -0.05) is 23.8 Å². The molecule has 1 aromatic carbocycles. The summed E-state index contributed by atoms with van der Waals surface area (Å²) in [5.41, 5.74) is 5.87. The second kappa shape index (κ2) is 6.02. The van der Waals surface area contributed by atoms with E-state index in [0.717, 1.165) is 39.1 Å². The van der Waals surface area contributed by atoms with Gasteiger partial charge in [0.2, 0.25) is 0 Å². The number of hydrogen-bond acceptors (Lipinski definition) is 3. The molecule has 26 heavy (non-hydrogen) atoms. The molecule has 132 valence electrons. The fourth-order valence-corrected chi connectivity index (χ4v) is 3.78. The molecule has 0 saturated carbocycles. The van der Waals surface area contributed by atoms with Gasteiger partial charge >= 0.3 is 0 Å². The van der Waals surface area contributed by atoms with Crippen molar-refractivity contribution in [3.05, 3.63) is 75.9 Å². The zero-order valence-corrected chi connectivity index (χ0v) is 15.2. The average Bonchev–Trinajstić information content (AvgIpc) is 2.95. The van der Waals surface area contributed by atoms with Crippen molar-refractivity contribution in [2.45, 2.75) is 26.8 Å². The third kappa shape index (κ3) is 2.39. The number of ether oxygens (including phenoxy) is 1. The Kier molecular flexibility index (Phi) is 3.80. The normalized spacial score (nSPS) is 15.6. The SMILES string of the molecule is C=C(C)C(=C(C)C)c1ccc2c(=O)[nH]n3c2c1OCC3c1cccnc1. The quantitative estimate of drug-likeness (QED) is 0.726. The lowest BCUT2D eigenvalue weighted by Gasteiger charge is -2.28. The number of aromatic amines is 1. The Hall–Kier alpha value is -3.08. The average molecular weight is 347 g/mol. The third-order valence-corrected chi connectivity index (χ3v) is 4.80. The van der Waals surface area contributed by atoms with Crippen molar-refractivity contribution < 1.29 is 4.74 Å². The molecule has 0 bridgehead atoms. The summed E-state index contributed by atoms with van der Waals surface area (Å²) in [6, 6.07) is 7.59. The summed E-state index contributed by atoms with van der Waals surface area (Å²) >= 11 is 0. The van der Waals surface area contributed by atoms with E-state index in [4.69, 9.17) is 4.74 Å². The highest BCUT2D eigenvalue weighted by Crippen LogP contribution is 2.41. The summed E-state index contributed by atoms with van der Waals surface area (Å²) in [6.45, 7) is 10.7. The Morgan fingerprint density at radius 1 is 1.31 bits per heavy atom. The summed E-state index contributed by atoms with van der Waals surface area (Å²) in [5, 5.41) is 3.61.